The van der Waals surface area contributed by atoms with Gasteiger partial charge in [0, 0.05) is 6.54 Å². The zero-order chi connectivity index (χ0) is 20.8. The normalized spacial score (nSPS) is 10.6. The highest BCUT2D eigenvalue weighted by Gasteiger charge is 2.17. The van der Waals surface area contributed by atoms with Gasteiger partial charge in [0.2, 0.25) is 5.82 Å². The first-order chi connectivity index (χ1) is 14.7. The molecule has 6 nitrogen and oxygen atoms in total. The minimum atomic E-state index is -0.452. The van der Waals surface area contributed by atoms with Crippen LogP contribution in [0.15, 0.2) is 83.4 Å². The predicted molar refractivity (Wildman–Crippen MR) is 109 cm³/mol. The summed E-state index contributed by atoms with van der Waals surface area (Å²) in [5, 5.41) is 6.74. The Bertz CT molecular complexity index is 1150. The van der Waals surface area contributed by atoms with E-state index in [0.717, 1.165) is 5.56 Å². The van der Waals surface area contributed by atoms with Crippen LogP contribution in [0.4, 0.5) is 4.39 Å². The highest BCUT2D eigenvalue weighted by molar-refractivity contribution is 5.78. The van der Waals surface area contributed by atoms with E-state index in [4.69, 9.17) is 9.26 Å². The van der Waals surface area contributed by atoms with Gasteiger partial charge in [0.15, 0.2) is 6.61 Å². The van der Waals surface area contributed by atoms with Gasteiger partial charge in [-0.2, -0.15) is 4.98 Å². The number of benzene rings is 3. The molecule has 1 amide bonds. The maximum Gasteiger partial charge on any atom is 0.261 e. The van der Waals surface area contributed by atoms with Gasteiger partial charge in [-0.25, -0.2) is 4.39 Å². The Morgan fingerprint density at radius 2 is 1.63 bits per heavy atom. The zero-order valence-corrected chi connectivity index (χ0v) is 15.9. The van der Waals surface area contributed by atoms with Crippen LogP contribution in [0.5, 0.6) is 5.75 Å². The van der Waals surface area contributed by atoms with Gasteiger partial charge in [-0.3, -0.25) is 4.79 Å². The number of carbonyl (C=O) groups is 1. The van der Waals surface area contributed by atoms with Crippen LogP contribution in [0, 0.1) is 5.82 Å². The maximum atomic E-state index is 14.0. The van der Waals surface area contributed by atoms with Crippen molar-refractivity contribution in [2.75, 3.05) is 6.61 Å². The van der Waals surface area contributed by atoms with Gasteiger partial charge in [0.05, 0.1) is 11.1 Å². The average molecular weight is 403 g/mol. The lowest BCUT2D eigenvalue weighted by Crippen LogP contribution is -2.28. The standard InChI is InChI=1S/C23H18FN3O3/c24-19-12-6-4-10-17(19)23-26-22(27-30-23)18-11-5-7-13-20(18)29-15-21(28)25-14-16-8-2-1-3-9-16/h1-13H,14-15H2,(H,25,28). The summed E-state index contributed by atoms with van der Waals surface area (Å²) >= 11 is 0. The Morgan fingerprint density at radius 1 is 0.933 bits per heavy atom. The molecule has 30 heavy (non-hydrogen) atoms. The van der Waals surface area contributed by atoms with E-state index in [9.17, 15) is 9.18 Å². The Kier molecular flexibility index (Phi) is 5.80. The molecule has 0 aliphatic heterocycles. The molecule has 0 spiro atoms. The van der Waals surface area contributed by atoms with Crippen molar-refractivity contribution in [2.45, 2.75) is 6.54 Å². The minimum absolute atomic E-state index is 0.0681. The number of rotatable bonds is 7. The molecule has 0 aliphatic carbocycles. The first-order valence-electron chi connectivity index (χ1n) is 9.32. The molecule has 0 radical (unpaired) electrons. The molecule has 7 heteroatoms. The second-order valence-corrected chi connectivity index (χ2v) is 6.45. The summed E-state index contributed by atoms with van der Waals surface area (Å²) in [5.41, 5.74) is 1.76. The SMILES string of the molecule is O=C(COc1ccccc1-c1noc(-c2ccccc2F)n1)NCc1ccccc1. The second-order valence-electron chi connectivity index (χ2n) is 6.45. The van der Waals surface area contributed by atoms with E-state index in [0.29, 0.717) is 17.9 Å². The lowest BCUT2D eigenvalue weighted by Gasteiger charge is -2.10. The molecular weight excluding hydrogens is 385 g/mol. The first-order valence-corrected chi connectivity index (χ1v) is 9.32. The van der Waals surface area contributed by atoms with Gasteiger partial charge < -0.3 is 14.6 Å². The monoisotopic (exact) mass is 403 g/mol. The molecular formula is C23H18FN3O3. The molecule has 3 aromatic carbocycles. The number of amides is 1. The average Bonchev–Trinajstić information content (AvgIpc) is 3.27. The molecule has 150 valence electrons. The fourth-order valence-electron chi connectivity index (χ4n) is 2.85. The van der Waals surface area contributed by atoms with Crippen molar-refractivity contribution in [3.05, 3.63) is 90.2 Å². The summed E-state index contributed by atoms with van der Waals surface area (Å²) in [6.07, 6.45) is 0. The zero-order valence-electron chi connectivity index (χ0n) is 15.9. The van der Waals surface area contributed by atoms with Crippen molar-refractivity contribution in [2.24, 2.45) is 0 Å². The fourth-order valence-corrected chi connectivity index (χ4v) is 2.85. The maximum absolute atomic E-state index is 14.0. The molecule has 0 saturated carbocycles. The van der Waals surface area contributed by atoms with Crippen LogP contribution in [-0.2, 0) is 11.3 Å². The van der Waals surface area contributed by atoms with E-state index >= 15 is 0 Å². The Labute approximate surface area is 172 Å². The number of para-hydroxylation sites is 1. The van der Waals surface area contributed by atoms with E-state index in [2.05, 4.69) is 15.5 Å². The van der Waals surface area contributed by atoms with Crippen molar-refractivity contribution in [3.63, 3.8) is 0 Å². The van der Waals surface area contributed by atoms with Crippen LogP contribution < -0.4 is 10.1 Å². The van der Waals surface area contributed by atoms with E-state index in [1.807, 2.05) is 30.3 Å². The third-order valence-corrected chi connectivity index (χ3v) is 4.35. The molecule has 0 aliphatic rings. The molecule has 1 aromatic heterocycles. The molecule has 4 aromatic rings. The first kappa shape index (κ1) is 19.3. The minimum Gasteiger partial charge on any atom is -0.483 e. The number of aromatic nitrogens is 2. The second kappa shape index (κ2) is 9.00. The largest absolute Gasteiger partial charge is 0.483 e. The van der Waals surface area contributed by atoms with Crippen LogP contribution in [0.25, 0.3) is 22.8 Å². The van der Waals surface area contributed by atoms with Gasteiger partial charge in [0.25, 0.3) is 11.8 Å². The molecule has 4 rings (SSSR count). The van der Waals surface area contributed by atoms with Crippen molar-refractivity contribution in [3.8, 4) is 28.6 Å². The highest BCUT2D eigenvalue weighted by atomic mass is 19.1. The van der Waals surface area contributed by atoms with Crippen LogP contribution in [0.3, 0.4) is 0 Å². The lowest BCUT2D eigenvalue weighted by molar-refractivity contribution is -0.123. The van der Waals surface area contributed by atoms with E-state index in [-0.39, 0.29) is 29.8 Å². The summed E-state index contributed by atoms with van der Waals surface area (Å²) in [6, 6.07) is 22.8. The number of hydrogen-bond donors (Lipinski definition) is 1. The van der Waals surface area contributed by atoms with Gasteiger partial charge in [-0.1, -0.05) is 59.8 Å². The van der Waals surface area contributed by atoms with Gasteiger partial charge in [-0.15, -0.1) is 0 Å². The lowest BCUT2D eigenvalue weighted by atomic mass is 10.2. The third-order valence-electron chi connectivity index (χ3n) is 4.35. The molecule has 0 saturated heterocycles. The van der Waals surface area contributed by atoms with Crippen molar-refractivity contribution >= 4 is 5.91 Å². The molecule has 0 atom stereocenters. The van der Waals surface area contributed by atoms with Crippen LogP contribution >= 0.6 is 0 Å². The van der Waals surface area contributed by atoms with Gasteiger partial charge >= 0.3 is 0 Å². The highest BCUT2D eigenvalue weighted by Crippen LogP contribution is 2.30. The number of carbonyl (C=O) groups excluding carboxylic acids is 1. The topological polar surface area (TPSA) is 77.2 Å². The molecule has 1 N–H and O–H groups in total. The molecule has 0 unspecified atom stereocenters. The number of halogens is 1. The third kappa shape index (κ3) is 4.52. The number of hydrogen-bond acceptors (Lipinski definition) is 5. The summed E-state index contributed by atoms with van der Waals surface area (Å²) in [6.45, 7) is 0.253. The van der Waals surface area contributed by atoms with E-state index in [1.165, 1.54) is 6.07 Å². The summed E-state index contributed by atoms with van der Waals surface area (Å²) in [5.74, 6) is 0.0291. The van der Waals surface area contributed by atoms with Crippen LogP contribution in [-0.4, -0.2) is 22.7 Å². The number of nitrogens with zero attached hydrogens (tertiary/aromatic N) is 2. The number of ether oxygens (including phenoxy) is 1. The van der Waals surface area contributed by atoms with Crippen molar-refractivity contribution in [1.82, 2.24) is 15.5 Å². The van der Waals surface area contributed by atoms with Crippen molar-refractivity contribution < 1.29 is 18.4 Å². The molecule has 0 bridgehead atoms. The van der Waals surface area contributed by atoms with Crippen molar-refractivity contribution in [1.29, 1.82) is 0 Å². The summed E-state index contributed by atoms with van der Waals surface area (Å²) in [4.78, 5) is 16.4. The number of nitrogens with one attached hydrogen (secondary N) is 1. The summed E-state index contributed by atoms with van der Waals surface area (Å²) < 4.78 is 24.9. The quantitative estimate of drug-likeness (QED) is 0.500. The summed E-state index contributed by atoms with van der Waals surface area (Å²) in [7, 11) is 0. The van der Waals surface area contributed by atoms with Crippen LogP contribution in [0.1, 0.15) is 5.56 Å². The van der Waals surface area contributed by atoms with E-state index < -0.39 is 5.82 Å². The molecule has 1 heterocycles. The Morgan fingerprint density at radius 3 is 2.43 bits per heavy atom. The molecule has 0 fully saturated rings. The fraction of sp³-hybridized carbons (Fsp3) is 0.0870. The Hall–Kier alpha value is -4.00. The van der Waals surface area contributed by atoms with E-state index in [1.54, 1.807) is 42.5 Å². The smallest absolute Gasteiger partial charge is 0.261 e. The predicted octanol–water partition coefficient (Wildman–Crippen LogP) is 4.24. The van der Waals surface area contributed by atoms with Gasteiger partial charge in [-0.05, 0) is 29.8 Å². The van der Waals surface area contributed by atoms with Crippen LogP contribution in [0.2, 0.25) is 0 Å². The van der Waals surface area contributed by atoms with Gasteiger partial charge in [0.1, 0.15) is 11.6 Å². The Balaban J connectivity index is 1.44.